The fraction of sp³-hybridized carbons (Fsp3) is 0.308. The predicted octanol–water partition coefficient (Wildman–Crippen LogP) is 0.949. The van der Waals surface area contributed by atoms with Crippen LogP contribution in [-0.2, 0) is 23.6 Å². The number of hydrogen-bond acceptors (Lipinski definition) is 5. The fourth-order valence-electron chi connectivity index (χ4n) is 1.91. The Balaban J connectivity index is 2.34. The van der Waals surface area contributed by atoms with Gasteiger partial charge in [0, 0.05) is 25.9 Å². The first-order valence-electron chi connectivity index (χ1n) is 6.30. The third kappa shape index (κ3) is 3.53. The fourth-order valence-corrected chi connectivity index (χ4v) is 3.06. The zero-order valence-corrected chi connectivity index (χ0v) is 12.9. The van der Waals surface area contributed by atoms with Crippen LogP contribution in [0.3, 0.4) is 0 Å². The second-order valence-electron chi connectivity index (χ2n) is 4.50. The maximum Gasteiger partial charge on any atom is 0.266 e. The van der Waals surface area contributed by atoms with Gasteiger partial charge in [0.05, 0.1) is 7.11 Å². The Kier molecular flexibility index (Phi) is 4.49. The molecular weight excluding hydrogens is 292 g/mol. The number of ether oxygens (including phenoxy) is 1. The van der Waals surface area contributed by atoms with Crippen molar-refractivity contribution in [3.05, 3.63) is 36.0 Å². The zero-order chi connectivity index (χ0) is 15.5. The van der Waals surface area contributed by atoms with E-state index in [2.05, 4.69) is 15.1 Å². The number of benzene rings is 1. The van der Waals surface area contributed by atoms with Crippen molar-refractivity contribution in [2.75, 3.05) is 18.9 Å². The van der Waals surface area contributed by atoms with Crippen molar-refractivity contribution < 1.29 is 13.2 Å². The van der Waals surface area contributed by atoms with Crippen LogP contribution in [0.15, 0.2) is 35.4 Å². The first-order valence-corrected chi connectivity index (χ1v) is 7.78. The van der Waals surface area contributed by atoms with Gasteiger partial charge in [-0.15, -0.1) is 0 Å². The number of sulfonamides is 1. The Hall–Kier alpha value is -2.06. The minimum absolute atomic E-state index is 0.0792. The molecule has 0 aliphatic carbocycles. The van der Waals surface area contributed by atoms with Crippen molar-refractivity contribution in [2.45, 2.75) is 11.4 Å². The van der Waals surface area contributed by atoms with E-state index in [9.17, 15) is 8.42 Å². The monoisotopic (exact) mass is 310 g/mol. The van der Waals surface area contributed by atoms with E-state index in [1.807, 2.05) is 7.05 Å². The number of nitrogens with zero attached hydrogens (tertiary/aromatic N) is 2. The van der Waals surface area contributed by atoms with Crippen molar-refractivity contribution in [3.8, 4) is 5.75 Å². The summed E-state index contributed by atoms with van der Waals surface area (Å²) in [7, 11) is 1.23. The molecule has 0 bridgehead atoms. The zero-order valence-electron chi connectivity index (χ0n) is 12.1. The number of hydrogen-bond donors (Lipinski definition) is 2. The smallest absolute Gasteiger partial charge is 0.266 e. The summed E-state index contributed by atoms with van der Waals surface area (Å²) in [5, 5.41) is 7.00. The third-order valence-corrected chi connectivity index (χ3v) is 4.25. The maximum absolute atomic E-state index is 12.4. The van der Waals surface area contributed by atoms with Gasteiger partial charge in [-0.3, -0.25) is 9.40 Å². The lowest BCUT2D eigenvalue weighted by Gasteiger charge is -2.11. The van der Waals surface area contributed by atoms with Gasteiger partial charge in [0.15, 0.2) is 5.82 Å². The van der Waals surface area contributed by atoms with E-state index in [4.69, 9.17) is 4.74 Å². The lowest BCUT2D eigenvalue weighted by atomic mass is 10.2. The van der Waals surface area contributed by atoms with Gasteiger partial charge in [-0.25, -0.2) is 8.42 Å². The van der Waals surface area contributed by atoms with E-state index in [0.717, 1.165) is 5.56 Å². The highest BCUT2D eigenvalue weighted by molar-refractivity contribution is 7.92. The van der Waals surface area contributed by atoms with Gasteiger partial charge < -0.3 is 10.1 Å². The van der Waals surface area contributed by atoms with Crippen LogP contribution in [-0.4, -0.2) is 32.4 Å². The van der Waals surface area contributed by atoms with E-state index in [0.29, 0.717) is 12.3 Å². The maximum atomic E-state index is 12.4. The van der Waals surface area contributed by atoms with E-state index < -0.39 is 10.0 Å². The highest BCUT2D eigenvalue weighted by atomic mass is 32.2. The van der Waals surface area contributed by atoms with Crippen LogP contribution in [0, 0.1) is 0 Å². The highest BCUT2D eigenvalue weighted by Gasteiger charge is 2.20. The molecule has 0 unspecified atom stereocenters. The molecule has 0 saturated carbocycles. The Morgan fingerprint density at radius 1 is 1.33 bits per heavy atom. The first-order chi connectivity index (χ1) is 9.96. The van der Waals surface area contributed by atoms with Gasteiger partial charge in [0.2, 0.25) is 0 Å². The molecule has 1 heterocycles. The molecular formula is C13H18N4O3S. The van der Waals surface area contributed by atoms with E-state index in [-0.39, 0.29) is 10.7 Å². The van der Waals surface area contributed by atoms with E-state index in [1.165, 1.54) is 17.9 Å². The van der Waals surface area contributed by atoms with Crippen LogP contribution in [0.2, 0.25) is 0 Å². The average Bonchev–Trinajstić information content (AvgIpc) is 2.83. The summed E-state index contributed by atoms with van der Waals surface area (Å²) in [5.74, 6) is 0.560. The molecule has 2 aromatic rings. The highest BCUT2D eigenvalue weighted by Crippen LogP contribution is 2.26. The molecule has 0 amide bonds. The van der Waals surface area contributed by atoms with Gasteiger partial charge in [-0.1, -0.05) is 6.07 Å². The normalized spacial score (nSPS) is 11.4. The summed E-state index contributed by atoms with van der Waals surface area (Å²) in [4.78, 5) is 0.0792. The van der Waals surface area contributed by atoms with Crippen molar-refractivity contribution in [2.24, 2.45) is 7.05 Å². The quantitative estimate of drug-likeness (QED) is 0.830. The van der Waals surface area contributed by atoms with Crippen LogP contribution in [0.4, 0.5) is 5.82 Å². The Labute approximate surface area is 124 Å². The Morgan fingerprint density at radius 3 is 2.67 bits per heavy atom. The molecule has 1 aromatic heterocycles. The lowest BCUT2D eigenvalue weighted by Crippen LogP contribution is -2.15. The van der Waals surface area contributed by atoms with Crippen molar-refractivity contribution in [1.29, 1.82) is 0 Å². The van der Waals surface area contributed by atoms with Crippen LogP contribution in [0.5, 0.6) is 5.75 Å². The van der Waals surface area contributed by atoms with Crippen molar-refractivity contribution in [1.82, 2.24) is 15.1 Å². The van der Waals surface area contributed by atoms with Crippen LogP contribution >= 0.6 is 0 Å². The Morgan fingerprint density at radius 2 is 2.10 bits per heavy atom. The van der Waals surface area contributed by atoms with Crippen LogP contribution < -0.4 is 14.8 Å². The van der Waals surface area contributed by atoms with Crippen molar-refractivity contribution in [3.63, 3.8) is 0 Å². The standard InChI is InChI=1S/C13H18N4O3S/c1-14-9-10-4-5-12(11(8-10)20-3)21(18,19)16-13-6-7-17(2)15-13/h4-8,14H,9H2,1-3H3,(H,15,16). The number of aryl methyl sites for hydroxylation is 1. The van der Waals surface area contributed by atoms with Gasteiger partial charge in [-0.05, 0) is 24.7 Å². The van der Waals surface area contributed by atoms with Gasteiger partial charge in [0.25, 0.3) is 10.0 Å². The molecule has 0 atom stereocenters. The number of methoxy groups -OCH3 is 1. The molecule has 1 aromatic carbocycles. The predicted molar refractivity (Wildman–Crippen MR) is 79.8 cm³/mol. The molecule has 0 radical (unpaired) electrons. The number of aromatic nitrogens is 2. The second-order valence-corrected chi connectivity index (χ2v) is 6.15. The van der Waals surface area contributed by atoms with Gasteiger partial charge >= 0.3 is 0 Å². The molecule has 0 saturated heterocycles. The summed E-state index contributed by atoms with van der Waals surface area (Å²) in [6, 6.07) is 6.55. The SMILES string of the molecule is CNCc1ccc(S(=O)(=O)Nc2ccn(C)n2)c(OC)c1. The van der Waals surface area contributed by atoms with E-state index >= 15 is 0 Å². The molecule has 0 spiro atoms. The van der Waals surface area contributed by atoms with Gasteiger partial charge in [0.1, 0.15) is 10.6 Å². The molecule has 2 N–H and O–H groups in total. The number of anilines is 1. The molecule has 21 heavy (non-hydrogen) atoms. The topological polar surface area (TPSA) is 85.3 Å². The first kappa shape index (κ1) is 15.3. The summed E-state index contributed by atoms with van der Waals surface area (Å²) in [5.41, 5.74) is 0.936. The third-order valence-electron chi connectivity index (χ3n) is 2.85. The molecule has 0 aliphatic rings. The van der Waals surface area contributed by atoms with E-state index in [1.54, 1.807) is 31.4 Å². The molecule has 2 rings (SSSR count). The molecule has 0 fully saturated rings. The lowest BCUT2D eigenvalue weighted by molar-refractivity contribution is 0.402. The summed E-state index contributed by atoms with van der Waals surface area (Å²) in [6.07, 6.45) is 1.66. The summed E-state index contributed by atoms with van der Waals surface area (Å²) < 4.78 is 33.9. The van der Waals surface area contributed by atoms with Crippen LogP contribution in [0.1, 0.15) is 5.56 Å². The molecule has 7 nitrogen and oxygen atoms in total. The Bertz CT molecular complexity index is 725. The minimum Gasteiger partial charge on any atom is -0.495 e. The average molecular weight is 310 g/mol. The summed E-state index contributed by atoms with van der Waals surface area (Å²) >= 11 is 0. The minimum atomic E-state index is -3.75. The second kappa shape index (κ2) is 6.15. The largest absolute Gasteiger partial charge is 0.495 e. The summed E-state index contributed by atoms with van der Waals surface area (Å²) in [6.45, 7) is 0.629. The molecule has 8 heteroatoms. The van der Waals surface area contributed by atoms with Crippen LogP contribution in [0.25, 0.3) is 0 Å². The molecule has 114 valence electrons. The number of nitrogens with one attached hydrogen (secondary N) is 2. The molecule has 0 aliphatic heterocycles. The van der Waals surface area contributed by atoms with Gasteiger partial charge in [-0.2, -0.15) is 5.10 Å². The van der Waals surface area contributed by atoms with Crippen molar-refractivity contribution >= 4 is 15.8 Å². The number of rotatable bonds is 6.